The van der Waals surface area contributed by atoms with Gasteiger partial charge in [0, 0.05) is 14.8 Å². The molecule has 4 heteroatoms. The van der Waals surface area contributed by atoms with Crippen LogP contribution >= 0.6 is 23.4 Å². The van der Waals surface area contributed by atoms with Crippen LogP contribution in [0.1, 0.15) is 0 Å². The number of anilines is 2. The second-order valence-corrected chi connectivity index (χ2v) is 5.00. The third kappa shape index (κ3) is 1.56. The minimum absolute atomic E-state index is 0.315. The second-order valence-electron chi connectivity index (χ2n) is 3.48. The van der Waals surface area contributed by atoms with Crippen LogP contribution in [0.3, 0.4) is 0 Å². The number of nitrogens with one attached hydrogen (secondary N) is 1. The summed E-state index contributed by atoms with van der Waals surface area (Å²) in [4.78, 5) is 1.90. The number of rotatable bonds is 0. The quantitative estimate of drug-likeness (QED) is 0.622. The Morgan fingerprint density at radius 3 is 2.81 bits per heavy atom. The van der Waals surface area contributed by atoms with Gasteiger partial charge in [0.05, 0.1) is 11.4 Å². The number of fused-ring (bicyclic) bond motifs is 2. The first-order valence-electron chi connectivity index (χ1n) is 4.77. The van der Waals surface area contributed by atoms with Crippen molar-refractivity contribution in [1.82, 2.24) is 0 Å². The average Bonchev–Trinajstić information content (AvgIpc) is 2.27. The Morgan fingerprint density at radius 2 is 1.94 bits per heavy atom. The number of benzene rings is 2. The fourth-order valence-corrected chi connectivity index (χ4v) is 2.98. The van der Waals surface area contributed by atoms with Crippen LogP contribution in [0.25, 0.3) is 0 Å². The predicted molar refractivity (Wildman–Crippen MR) is 65.3 cm³/mol. The van der Waals surface area contributed by atoms with Crippen molar-refractivity contribution in [3.8, 4) is 0 Å². The highest BCUT2D eigenvalue weighted by molar-refractivity contribution is 7.99. The summed E-state index contributed by atoms with van der Waals surface area (Å²) in [5, 5.41) is 3.50. The van der Waals surface area contributed by atoms with Gasteiger partial charge < -0.3 is 5.32 Å². The van der Waals surface area contributed by atoms with Crippen molar-refractivity contribution in [2.45, 2.75) is 9.79 Å². The number of para-hydroxylation sites is 1. The third-order valence-corrected chi connectivity index (χ3v) is 3.72. The van der Waals surface area contributed by atoms with Gasteiger partial charge >= 0.3 is 0 Å². The minimum atomic E-state index is -0.315. The highest BCUT2D eigenvalue weighted by atomic mass is 35.5. The van der Waals surface area contributed by atoms with Crippen molar-refractivity contribution in [1.29, 1.82) is 0 Å². The van der Waals surface area contributed by atoms with E-state index in [1.807, 2.05) is 24.3 Å². The SMILES string of the molecule is Fc1cc(Cl)cc2c1Nc1ccccc1S2. The Balaban J connectivity index is 2.15. The molecule has 16 heavy (non-hydrogen) atoms. The van der Waals surface area contributed by atoms with Gasteiger partial charge in [-0.3, -0.25) is 0 Å². The molecule has 1 aliphatic rings. The molecule has 1 heterocycles. The maximum atomic E-state index is 13.7. The average molecular weight is 252 g/mol. The summed E-state index contributed by atoms with van der Waals surface area (Å²) in [5.41, 5.74) is 1.44. The molecule has 3 rings (SSSR count). The van der Waals surface area contributed by atoms with E-state index >= 15 is 0 Å². The molecule has 1 nitrogen and oxygen atoms in total. The normalized spacial score (nSPS) is 12.6. The van der Waals surface area contributed by atoms with E-state index in [1.54, 1.807) is 6.07 Å². The van der Waals surface area contributed by atoms with E-state index in [-0.39, 0.29) is 5.82 Å². The van der Waals surface area contributed by atoms with Crippen molar-refractivity contribution in [3.05, 3.63) is 47.2 Å². The molecule has 80 valence electrons. The Bertz CT molecular complexity index is 571. The largest absolute Gasteiger partial charge is 0.351 e. The van der Waals surface area contributed by atoms with E-state index in [0.29, 0.717) is 10.7 Å². The zero-order chi connectivity index (χ0) is 11.1. The fraction of sp³-hybridized carbons (Fsp3) is 0. The van der Waals surface area contributed by atoms with E-state index in [9.17, 15) is 4.39 Å². The summed E-state index contributed by atoms with van der Waals surface area (Å²) >= 11 is 7.35. The maximum Gasteiger partial charge on any atom is 0.149 e. The molecular formula is C12H7ClFNS. The highest BCUT2D eigenvalue weighted by Crippen LogP contribution is 2.45. The van der Waals surface area contributed by atoms with Crippen molar-refractivity contribution in [2.75, 3.05) is 5.32 Å². The van der Waals surface area contributed by atoms with Crippen LogP contribution < -0.4 is 5.32 Å². The van der Waals surface area contributed by atoms with Gasteiger partial charge in [-0.05, 0) is 24.3 Å². The molecule has 0 aromatic heterocycles. The zero-order valence-corrected chi connectivity index (χ0v) is 9.70. The van der Waals surface area contributed by atoms with Gasteiger partial charge in [-0.2, -0.15) is 0 Å². The third-order valence-electron chi connectivity index (χ3n) is 2.39. The molecule has 0 bridgehead atoms. The van der Waals surface area contributed by atoms with Crippen molar-refractivity contribution in [3.63, 3.8) is 0 Å². The Labute approximate surface area is 102 Å². The molecule has 2 aromatic rings. The first kappa shape index (κ1) is 10.00. The number of hydrogen-bond acceptors (Lipinski definition) is 2. The Kier molecular flexibility index (Phi) is 2.30. The van der Waals surface area contributed by atoms with E-state index in [4.69, 9.17) is 11.6 Å². The lowest BCUT2D eigenvalue weighted by atomic mass is 10.2. The molecule has 0 spiro atoms. The van der Waals surface area contributed by atoms with Crippen LogP contribution in [0, 0.1) is 5.82 Å². The summed E-state index contributed by atoms with van der Waals surface area (Å²) < 4.78 is 13.7. The molecule has 0 atom stereocenters. The minimum Gasteiger partial charge on any atom is -0.351 e. The van der Waals surface area contributed by atoms with Gasteiger partial charge in [0.15, 0.2) is 0 Å². The lowest BCUT2D eigenvalue weighted by Gasteiger charge is -2.21. The van der Waals surface area contributed by atoms with Crippen molar-refractivity contribution >= 4 is 34.7 Å². The van der Waals surface area contributed by atoms with Gasteiger partial charge in [0.1, 0.15) is 5.82 Å². The van der Waals surface area contributed by atoms with Gasteiger partial charge in [-0.15, -0.1) is 0 Å². The summed E-state index contributed by atoms with van der Waals surface area (Å²) in [6.07, 6.45) is 0. The zero-order valence-electron chi connectivity index (χ0n) is 8.13. The van der Waals surface area contributed by atoms with Crippen LogP contribution in [0.15, 0.2) is 46.2 Å². The first-order valence-corrected chi connectivity index (χ1v) is 5.96. The molecular weight excluding hydrogens is 245 g/mol. The summed E-state index contributed by atoms with van der Waals surface area (Å²) in [6, 6.07) is 10.9. The number of halogens is 2. The molecule has 0 unspecified atom stereocenters. The van der Waals surface area contributed by atoms with Crippen LogP contribution in [0.4, 0.5) is 15.8 Å². The molecule has 2 aromatic carbocycles. The van der Waals surface area contributed by atoms with Crippen molar-refractivity contribution in [2.24, 2.45) is 0 Å². The fourth-order valence-electron chi connectivity index (χ4n) is 1.66. The molecule has 1 N–H and O–H groups in total. The molecule has 1 aliphatic heterocycles. The number of hydrogen-bond donors (Lipinski definition) is 1. The van der Waals surface area contributed by atoms with Gasteiger partial charge in [-0.25, -0.2) is 4.39 Å². The van der Waals surface area contributed by atoms with E-state index in [1.165, 1.54) is 17.8 Å². The smallest absolute Gasteiger partial charge is 0.149 e. The highest BCUT2D eigenvalue weighted by Gasteiger charge is 2.18. The first-order chi connectivity index (χ1) is 7.74. The molecule has 0 aliphatic carbocycles. The summed E-state index contributed by atoms with van der Waals surface area (Å²) in [7, 11) is 0. The summed E-state index contributed by atoms with van der Waals surface area (Å²) in [6.45, 7) is 0. The molecule has 0 fully saturated rings. The van der Waals surface area contributed by atoms with Crippen LogP contribution in [-0.4, -0.2) is 0 Å². The van der Waals surface area contributed by atoms with Gasteiger partial charge in [0.2, 0.25) is 0 Å². The van der Waals surface area contributed by atoms with E-state index < -0.39 is 0 Å². The van der Waals surface area contributed by atoms with E-state index in [0.717, 1.165) is 15.5 Å². The van der Waals surface area contributed by atoms with Gasteiger partial charge in [0.25, 0.3) is 0 Å². The molecule has 0 saturated carbocycles. The van der Waals surface area contributed by atoms with Gasteiger partial charge in [-0.1, -0.05) is 35.5 Å². The lowest BCUT2D eigenvalue weighted by molar-refractivity contribution is 0.628. The molecule has 0 amide bonds. The van der Waals surface area contributed by atoms with Crippen LogP contribution in [0.5, 0.6) is 0 Å². The Morgan fingerprint density at radius 1 is 1.12 bits per heavy atom. The monoisotopic (exact) mass is 251 g/mol. The lowest BCUT2D eigenvalue weighted by Crippen LogP contribution is -2.01. The topological polar surface area (TPSA) is 12.0 Å². The second kappa shape index (κ2) is 3.68. The standard InChI is InChI=1S/C12H7ClFNS/c13-7-5-8(14)12-11(6-7)16-10-4-2-1-3-9(10)15-12/h1-6,15H. The van der Waals surface area contributed by atoms with Crippen molar-refractivity contribution < 1.29 is 4.39 Å². The van der Waals surface area contributed by atoms with Crippen LogP contribution in [0.2, 0.25) is 5.02 Å². The summed E-state index contributed by atoms with van der Waals surface area (Å²) in [5.74, 6) is -0.315. The molecule has 0 radical (unpaired) electrons. The van der Waals surface area contributed by atoms with E-state index in [2.05, 4.69) is 5.32 Å². The maximum absolute atomic E-state index is 13.7. The predicted octanol–water partition coefficient (Wildman–Crippen LogP) is 4.69. The Hall–Kier alpha value is -1.19. The molecule has 0 saturated heterocycles. The van der Waals surface area contributed by atoms with Crippen LogP contribution in [-0.2, 0) is 0 Å².